The SMILES string of the molecule is CCOC(=O)Cc1ccc(C=C2C(=O)NC(=O)NC2=O)cc1OC. The molecule has 2 rings (SSSR count). The number of nitrogens with one attached hydrogen (secondary N) is 2. The molecule has 126 valence electrons. The van der Waals surface area contributed by atoms with Crippen molar-refractivity contribution >= 4 is 29.9 Å². The van der Waals surface area contributed by atoms with Crippen LogP contribution in [-0.4, -0.2) is 37.5 Å². The maximum Gasteiger partial charge on any atom is 0.328 e. The first-order chi connectivity index (χ1) is 11.4. The highest BCUT2D eigenvalue weighted by Gasteiger charge is 2.27. The van der Waals surface area contributed by atoms with E-state index in [1.165, 1.54) is 13.2 Å². The van der Waals surface area contributed by atoms with Crippen LogP contribution in [0.3, 0.4) is 0 Å². The van der Waals surface area contributed by atoms with E-state index < -0.39 is 17.8 Å². The van der Waals surface area contributed by atoms with Gasteiger partial charge in [-0.1, -0.05) is 12.1 Å². The number of carbonyl (C=O) groups is 4. The van der Waals surface area contributed by atoms with Crippen LogP contribution in [0.4, 0.5) is 4.79 Å². The fraction of sp³-hybridized carbons (Fsp3) is 0.250. The molecule has 0 aliphatic carbocycles. The average molecular weight is 332 g/mol. The molecule has 1 fully saturated rings. The highest BCUT2D eigenvalue weighted by molar-refractivity contribution is 6.31. The average Bonchev–Trinajstić information content (AvgIpc) is 2.52. The summed E-state index contributed by atoms with van der Waals surface area (Å²) in [6.07, 6.45) is 1.37. The molecule has 1 aromatic carbocycles. The van der Waals surface area contributed by atoms with Crippen molar-refractivity contribution in [3.8, 4) is 5.75 Å². The number of esters is 1. The highest BCUT2D eigenvalue weighted by Crippen LogP contribution is 2.23. The van der Waals surface area contributed by atoms with Crippen LogP contribution in [0.2, 0.25) is 0 Å². The minimum Gasteiger partial charge on any atom is -0.496 e. The number of hydrogen-bond donors (Lipinski definition) is 2. The topological polar surface area (TPSA) is 111 Å². The number of rotatable bonds is 5. The third kappa shape index (κ3) is 3.97. The lowest BCUT2D eigenvalue weighted by Crippen LogP contribution is -2.51. The molecule has 8 heteroatoms. The van der Waals surface area contributed by atoms with Gasteiger partial charge in [-0.3, -0.25) is 25.0 Å². The summed E-state index contributed by atoms with van der Waals surface area (Å²) in [5.41, 5.74) is 0.926. The van der Waals surface area contributed by atoms with Crippen LogP contribution in [0.25, 0.3) is 6.08 Å². The van der Waals surface area contributed by atoms with Gasteiger partial charge in [-0.25, -0.2) is 4.79 Å². The summed E-state index contributed by atoms with van der Waals surface area (Å²) in [5, 5.41) is 3.98. The van der Waals surface area contributed by atoms with Crippen LogP contribution < -0.4 is 15.4 Å². The molecule has 8 nitrogen and oxygen atoms in total. The molecule has 1 heterocycles. The Bertz CT molecular complexity index is 716. The third-order valence-corrected chi connectivity index (χ3v) is 3.21. The summed E-state index contributed by atoms with van der Waals surface area (Å²) in [7, 11) is 1.44. The van der Waals surface area contributed by atoms with Crippen molar-refractivity contribution < 1.29 is 28.7 Å². The Kier molecular flexibility index (Phi) is 5.31. The fourth-order valence-electron chi connectivity index (χ4n) is 2.14. The lowest BCUT2D eigenvalue weighted by atomic mass is 10.0. The van der Waals surface area contributed by atoms with Crippen molar-refractivity contribution in [2.75, 3.05) is 13.7 Å². The van der Waals surface area contributed by atoms with E-state index in [4.69, 9.17) is 9.47 Å². The molecule has 0 spiro atoms. The molecule has 0 aromatic heterocycles. The second kappa shape index (κ2) is 7.40. The Morgan fingerprint density at radius 1 is 1.17 bits per heavy atom. The predicted molar refractivity (Wildman–Crippen MR) is 83.0 cm³/mol. The Labute approximate surface area is 137 Å². The molecule has 0 saturated carbocycles. The molecule has 0 atom stereocenters. The van der Waals surface area contributed by atoms with Crippen molar-refractivity contribution in [1.29, 1.82) is 0 Å². The number of urea groups is 1. The Morgan fingerprint density at radius 2 is 1.83 bits per heavy atom. The number of carbonyl (C=O) groups excluding carboxylic acids is 4. The monoisotopic (exact) mass is 332 g/mol. The Morgan fingerprint density at radius 3 is 2.42 bits per heavy atom. The van der Waals surface area contributed by atoms with E-state index in [9.17, 15) is 19.2 Å². The van der Waals surface area contributed by atoms with Crippen LogP contribution in [0.1, 0.15) is 18.1 Å². The number of barbiturate groups is 1. The van der Waals surface area contributed by atoms with Gasteiger partial charge in [-0.2, -0.15) is 0 Å². The summed E-state index contributed by atoms with van der Waals surface area (Å²) >= 11 is 0. The lowest BCUT2D eigenvalue weighted by molar-refractivity contribution is -0.142. The van der Waals surface area contributed by atoms with Crippen molar-refractivity contribution in [3.63, 3.8) is 0 Å². The van der Waals surface area contributed by atoms with Gasteiger partial charge >= 0.3 is 12.0 Å². The maximum atomic E-state index is 11.7. The van der Waals surface area contributed by atoms with E-state index in [1.807, 2.05) is 10.6 Å². The fourth-order valence-corrected chi connectivity index (χ4v) is 2.14. The molecule has 0 bridgehead atoms. The van der Waals surface area contributed by atoms with Crippen LogP contribution in [0, 0.1) is 0 Å². The summed E-state index contributed by atoms with van der Waals surface area (Å²) in [4.78, 5) is 46.0. The quantitative estimate of drug-likeness (QED) is 0.463. The minimum absolute atomic E-state index is 0.0450. The molecule has 0 unspecified atom stereocenters. The first-order valence-electron chi connectivity index (χ1n) is 7.15. The number of amides is 4. The molecule has 1 aromatic rings. The number of benzene rings is 1. The first kappa shape index (κ1) is 17.2. The van der Waals surface area contributed by atoms with Crippen molar-refractivity contribution in [1.82, 2.24) is 10.6 Å². The van der Waals surface area contributed by atoms with Gasteiger partial charge in [0.1, 0.15) is 11.3 Å². The van der Waals surface area contributed by atoms with Crippen molar-refractivity contribution in [2.24, 2.45) is 0 Å². The maximum absolute atomic E-state index is 11.7. The van der Waals surface area contributed by atoms with Crippen LogP contribution in [0.15, 0.2) is 23.8 Å². The number of imide groups is 2. The van der Waals surface area contributed by atoms with Gasteiger partial charge in [0, 0.05) is 5.56 Å². The largest absolute Gasteiger partial charge is 0.496 e. The second-order valence-corrected chi connectivity index (χ2v) is 4.85. The zero-order valence-corrected chi connectivity index (χ0v) is 13.2. The normalized spacial score (nSPS) is 13.9. The van der Waals surface area contributed by atoms with Crippen molar-refractivity contribution in [3.05, 3.63) is 34.9 Å². The number of hydrogen-bond acceptors (Lipinski definition) is 6. The van der Waals surface area contributed by atoms with E-state index in [0.717, 1.165) is 0 Å². The van der Waals surface area contributed by atoms with E-state index >= 15 is 0 Å². The number of methoxy groups -OCH3 is 1. The van der Waals surface area contributed by atoms with E-state index in [1.54, 1.807) is 25.1 Å². The van der Waals surface area contributed by atoms with Gasteiger partial charge in [0.05, 0.1) is 20.1 Å². The Balaban J connectivity index is 2.27. The van der Waals surface area contributed by atoms with E-state index in [2.05, 4.69) is 0 Å². The summed E-state index contributed by atoms with van der Waals surface area (Å²) in [6.45, 7) is 2.00. The standard InChI is InChI=1S/C16H16N2O6/c1-3-24-13(19)8-10-5-4-9(7-12(10)23-2)6-11-14(20)17-16(22)18-15(11)21/h4-7H,3,8H2,1-2H3,(H2,17,18,20,21,22). The number of ether oxygens (including phenoxy) is 2. The van der Waals surface area contributed by atoms with Crippen LogP contribution in [-0.2, 0) is 25.5 Å². The van der Waals surface area contributed by atoms with Gasteiger partial charge in [0.25, 0.3) is 11.8 Å². The zero-order valence-electron chi connectivity index (χ0n) is 13.2. The van der Waals surface area contributed by atoms with Crippen molar-refractivity contribution in [2.45, 2.75) is 13.3 Å². The van der Waals surface area contributed by atoms with Gasteiger partial charge in [-0.05, 0) is 24.6 Å². The molecule has 1 saturated heterocycles. The van der Waals surface area contributed by atoms with Gasteiger partial charge in [0.2, 0.25) is 0 Å². The third-order valence-electron chi connectivity index (χ3n) is 3.21. The zero-order chi connectivity index (χ0) is 17.7. The summed E-state index contributed by atoms with van der Waals surface area (Å²) in [5.74, 6) is -1.52. The smallest absolute Gasteiger partial charge is 0.328 e. The molecule has 4 amide bonds. The predicted octanol–water partition coefficient (Wildman–Crippen LogP) is 0.550. The first-order valence-corrected chi connectivity index (χ1v) is 7.15. The molecular weight excluding hydrogens is 316 g/mol. The highest BCUT2D eigenvalue weighted by atomic mass is 16.5. The molecule has 1 aliphatic rings. The molecule has 1 aliphatic heterocycles. The molecule has 24 heavy (non-hydrogen) atoms. The second-order valence-electron chi connectivity index (χ2n) is 4.85. The van der Waals surface area contributed by atoms with Gasteiger partial charge in [0.15, 0.2) is 0 Å². The van der Waals surface area contributed by atoms with Crippen LogP contribution in [0.5, 0.6) is 5.75 Å². The van der Waals surface area contributed by atoms with Gasteiger partial charge in [-0.15, -0.1) is 0 Å². The summed E-state index contributed by atoms with van der Waals surface area (Å²) in [6, 6.07) is 4.00. The minimum atomic E-state index is -0.857. The van der Waals surface area contributed by atoms with Gasteiger partial charge < -0.3 is 9.47 Å². The van der Waals surface area contributed by atoms with E-state index in [-0.39, 0.29) is 24.6 Å². The Hall–Kier alpha value is -3.16. The summed E-state index contributed by atoms with van der Waals surface area (Å²) < 4.78 is 10.1. The molecular formula is C16H16N2O6. The lowest BCUT2D eigenvalue weighted by Gasteiger charge is -2.14. The van der Waals surface area contributed by atoms with Crippen LogP contribution >= 0.6 is 0 Å². The molecule has 0 radical (unpaired) electrons. The van der Waals surface area contributed by atoms with E-state index in [0.29, 0.717) is 16.9 Å². The molecule has 2 N–H and O–H groups in total.